The maximum Gasteiger partial charge on any atom is -0.00998 e. The molecule has 1 fully saturated rings. The summed E-state index contributed by atoms with van der Waals surface area (Å²) in [5, 5.41) is 0. The van der Waals surface area contributed by atoms with Crippen LogP contribution in [0.3, 0.4) is 0 Å². The van der Waals surface area contributed by atoms with Crippen molar-refractivity contribution in [2.24, 2.45) is 11.8 Å². The van der Waals surface area contributed by atoms with Crippen LogP contribution in [0.1, 0.15) is 12.8 Å². The van der Waals surface area contributed by atoms with E-state index in [-0.39, 0.29) is 7.92 Å². The van der Waals surface area contributed by atoms with E-state index in [4.69, 9.17) is 0 Å². The van der Waals surface area contributed by atoms with Gasteiger partial charge in [0.2, 0.25) is 0 Å². The molecule has 12 heavy (non-hydrogen) atoms. The number of hydrogen-bond donors (Lipinski definition) is 0. The molecular formula is C11H17P. The van der Waals surface area contributed by atoms with Crippen molar-refractivity contribution >= 4 is 7.92 Å². The fourth-order valence-corrected chi connectivity index (χ4v) is 4.21. The molecule has 0 heterocycles. The number of hydrogen-bond acceptors (Lipinski definition) is 0. The van der Waals surface area contributed by atoms with Gasteiger partial charge in [-0.25, -0.2) is 0 Å². The highest BCUT2D eigenvalue weighted by Gasteiger charge is 2.34. The van der Waals surface area contributed by atoms with Crippen molar-refractivity contribution in [1.82, 2.24) is 0 Å². The SMILES string of the molecule is CP(C)C1CCC2C=CC=CC21. The first-order chi connectivity index (χ1) is 5.79. The first kappa shape index (κ1) is 8.51. The molecule has 66 valence electrons. The van der Waals surface area contributed by atoms with Gasteiger partial charge in [-0.1, -0.05) is 24.3 Å². The van der Waals surface area contributed by atoms with Crippen LogP contribution in [0.25, 0.3) is 0 Å². The summed E-state index contributed by atoms with van der Waals surface area (Å²) in [6, 6.07) is 0. The normalized spacial score (nSPS) is 39.1. The Bertz CT molecular complexity index is 215. The van der Waals surface area contributed by atoms with E-state index in [2.05, 4.69) is 37.6 Å². The van der Waals surface area contributed by atoms with E-state index in [0.29, 0.717) is 0 Å². The molecule has 0 amide bonds. The molecule has 0 radical (unpaired) electrons. The predicted octanol–water partition coefficient (Wildman–Crippen LogP) is 3.25. The third-order valence-electron chi connectivity index (χ3n) is 3.20. The molecule has 2 aliphatic rings. The number of fused-ring (bicyclic) bond motifs is 1. The lowest BCUT2D eigenvalue weighted by Crippen LogP contribution is -2.15. The highest BCUT2D eigenvalue weighted by Crippen LogP contribution is 2.50. The molecule has 0 N–H and O–H groups in total. The molecule has 0 nitrogen and oxygen atoms in total. The lowest BCUT2D eigenvalue weighted by Gasteiger charge is -2.24. The van der Waals surface area contributed by atoms with Crippen LogP contribution in [0.4, 0.5) is 0 Å². The lowest BCUT2D eigenvalue weighted by molar-refractivity contribution is 0.556. The fraction of sp³-hybridized carbons (Fsp3) is 0.636. The summed E-state index contributed by atoms with van der Waals surface area (Å²) >= 11 is 0. The van der Waals surface area contributed by atoms with Crippen LogP contribution >= 0.6 is 7.92 Å². The minimum atomic E-state index is 0.270. The molecule has 0 saturated heterocycles. The van der Waals surface area contributed by atoms with E-state index >= 15 is 0 Å². The van der Waals surface area contributed by atoms with E-state index in [1.54, 1.807) is 0 Å². The summed E-state index contributed by atoms with van der Waals surface area (Å²) in [6.07, 6.45) is 12.2. The Morgan fingerprint density at radius 3 is 2.58 bits per heavy atom. The van der Waals surface area contributed by atoms with Crippen molar-refractivity contribution in [3.8, 4) is 0 Å². The average molecular weight is 180 g/mol. The van der Waals surface area contributed by atoms with Gasteiger partial charge in [-0.05, 0) is 43.7 Å². The van der Waals surface area contributed by atoms with Gasteiger partial charge in [0.05, 0.1) is 0 Å². The third kappa shape index (κ3) is 1.38. The van der Waals surface area contributed by atoms with Crippen LogP contribution in [0, 0.1) is 11.8 Å². The molecule has 1 heteroatoms. The Morgan fingerprint density at radius 1 is 1.08 bits per heavy atom. The lowest BCUT2D eigenvalue weighted by atomic mass is 9.92. The van der Waals surface area contributed by atoms with Gasteiger partial charge in [-0.2, -0.15) is 0 Å². The molecule has 0 spiro atoms. The maximum absolute atomic E-state index is 2.44. The molecule has 2 aliphatic carbocycles. The van der Waals surface area contributed by atoms with Crippen molar-refractivity contribution in [2.75, 3.05) is 13.3 Å². The zero-order chi connectivity index (χ0) is 8.55. The molecule has 0 aliphatic heterocycles. The molecule has 2 rings (SSSR count). The molecule has 3 unspecified atom stereocenters. The van der Waals surface area contributed by atoms with Crippen LogP contribution in [0.5, 0.6) is 0 Å². The van der Waals surface area contributed by atoms with Crippen LogP contribution in [0.2, 0.25) is 0 Å². The topological polar surface area (TPSA) is 0 Å². The van der Waals surface area contributed by atoms with Crippen LogP contribution in [0.15, 0.2) is 24.3 Å². The zero-order valence-electron chi connectivity index (χ0n) is 7.90. The number of allylic oxidation sites excluding steroid dienone is 4. The Balaban J connectivity index is 2.13. The summed E-state index contributed by atoms with van der Waals surface area (Å²) in [6.45, 7) is 4.85. The second kappa shape index (κ2) is 3.34. The van der Waals surface area contributed by atoms with Crippen molar-refractivity contribution < 1.29 is 0 Å². The molecule has 0 aromatic heterocycles. The van der Waals surface area contributed by atoms with Crippen LogP contribution in [-0.4, -0.2) is 19.0 Å². The molecular weight excluding hydrogens is 163 g/mol. The predicted molar refractivity (Wildman–Crippen MR) is 57.1 cm³/mol. The average Bonchev–Trinajstić information content (AvgIpc) is 2.47. The minimum Gasteiger partial charge on any atom is -0.109 e. The standard InChI is InChI=1S/C11H17P/c1-12(2)11-8-7-9-5-3-4-6-10(9)11/h3-6,9-11H,7-8H2,1-2H3. The number of rotatable bonds is 1. The molecule has 1 saturated carbocycles. The second-order valence-electron chi connectivity index (χ2n) is 4.12. The van der Waals surface area contributed by atoms with Crippen molar-refractivity contribution in [1.29, 1.82) is 0 Å². The molecule has 0 aromatic carbocycles. The molecule has 0 bridgehead atoms. The van der Waals surface area contributed by atoms with Gasteiger partial charge in [0.1, 0.15) is 0 Å². The van der Waals surface area contributed by atoms with Crippen molar-refractivity contribution in [3.63, 3.8) is 0 Å². The van der Waals surface area contributed by atoms with Gasteiger partial charge in [-0.3, -0.25) is 0 Å². The Morgan fingerprint density at radius 2 is 1.83 bits per heavy atom. The highest BCUT2D eigenvalue weighted by atomic mass is 31.1. The van der Waals surface area contributed by atoms with E-state index in [0.717, 1.165) is 17.5 Å². The monoisotopic (exact) mass is 180 g/mol. The van der Waals surface area contributed by atoms with Crippen molar-refractivity contribution in [2.45, 2.75) is 18.5 Å². The van der Waals surface area contributed by atoms with E-state index in [9.17, 15) is 0 Å². The summed E-state index contributed by atoms with van der Waals surface area (Å²) in [4.78, 5) is 0. The minimum absolute atomic E-state index is 0.270. The summed E-state index contributed by atoms with van der Waals surface area (Å²) in [5.41, 5.74) is 1.01. The Labute approximate surface area is 76.5 Å². The van der Waals surface area contributed by atoms with Crippen molar-refractivity contribution in [3.05, 3.63) is 24.3 Å². The van der Waals surface area contributed by atoms with Gasteiger partial charge in [-0.15, -0.1) is 7.92 Å². The van der Waals surface area contributed by atoms with Gasteiger partial charge in [0.15, 0.2) is 0 Å². The van der Waals surface area contributed by atoms with Gasteiger partial charge < -0.3 is 0 Å². The quantitative estimate of drug-likeness (QED) is 0.543. The van der Waals surface area contributed by atoms with E-state index in [1.165, 1.54) is 12.8 Å². The zero-order valence-corrected chi connectivity index (χ0v) is 8.80. The molecule has 0 aromatic rings. The van der Waals surface area contributed by atoms with Gasteiger partial charge >= 0.3 is 0 Å². The highest BCUT2D eigenvalue weighted by molar-refractivity contribution is 7.56. The van der Waals surface area contributed by atoms with Crippen LogP contribution in [-0.2, 0) is 0 Å². The summed E-state index contributed by atoms with van der Waals surface area (Å²) < 4.78 is 0. The largest absolute Gasteiger partial charge is 0.109 e. The Kier molecular flexibility index (Phi) is 2.37. The Hall–Kier alpha value is -0.0900. The van der Waals surface area contributed by atoms with Gasteiger partial charge in [0.25, 0.3) is 0 Å². The smallest absolute Gasteiger partial charge is 0.00998 e. The first-order valence-corrected chi connectivity index (χ1v) is 7.11. The molecule has 3 atom stereocenters. The first-order valence-electron chi connectivity index (χ1n) is 4.80. The van der Waals surface area contributed by atoms with Crippen LogP contribution < -0.4 is 0 Å². The fourth-order valence-electron chi connectivity index (χ4n) is 2.53. The maximum atomic E-state index is 2.44. The van der Waals surface area contributed by atoms with E-state index in [1.807, 2.05) is 0 Å². The summed E-state index contributed by atoms with van der Waals surface area (Å²) in [5.74, 6) is 1.76. The van der Waals surface area contributed by atoms with E-state index < -0.39 is 0 Å². The van der Waals surface area contributed by atoms with Gasteiger partial charge in [0, 0.05) is 0 Å². The summed E-state index contributed by atoms with van der Waals surface area (Å²) in [7, 11) is 0.270. The third-order valence-corrected chi connectivity index (χ3v) is 5.13. The second-order valence-corrected chi connectivity index (χ2v) is 6.71.